The van der Waals surface area contributed by atoms with Crippen LogP contribution in [-0.4, -0.2) is 13.1 Å². The molecule has 1 aromatic carbocycles. The smallest absolute Gasteiger partial charge is 0.342 e. The topological polar surface area (TPSA) is 75.1 Å². The number of esters is 1. The molecule has 1 aromatic rings. The van der Waals surface area contributed by atoms with Crippen LogP contribution >= 0.6 is 11.6 Å². The van der Waals surface area contributed by atoms with Crippen LogP contribution in [0.3, 0.4) is 0 Å². The summed E-state index contributed by atoms with van der Waals surface area (Å²) in [6.45, 7) is 0. The summed E-state index contributed by atoms with van der Waals surface area (Å²) in [5.41, 5.74) is 7.72. The molecule has 0 spiro atoms. The second kappa shape index (κ2) is 4.63. The molecule has 5 nitrogen and oxygen atoms in total. The van der Waals surface area contributed by atoms with Gasteiger partial charge in [0, 0.05) is 4.91 Å². The highest BCUT2D eigenvalue weighted by atomic mass is 35.5. The first-order valence-electron chi connectivity index (χ1n) is 3.73. The van der Waals surface area contributed by atoms with Gasteiger partial charge >= 0.3 is 5.97 Å². The van der Waals surface area contributed by atoms with Crippen LogP contribution < -0.4 is 0 Å². The second-order valence-electron chi connectivity index (χ2n) is 2.44. The van der Waals surface area contributed by atoms with Gasteiger partial charge in [-0.15, -0.1) is 0 Å². The summed E-state index contributed by atoms with van der Waals surface area (Å²) in [4.78, 5) is 13.6. The first kappa shape index (κ1) is 11.3. The number of benzene rings is 1. The lowest BCUT2D eigenvalue weighted by Gasteiger charge is -2.05. The minimum absolute atomic E-state index is 0.0269. The van der Waals surface area contributed by atoms with Crippen molar-refractivity contribution in [2.24, 2.45) is 5.11 Å². The second-order valence-corrected chi connectivity index (χ2v) is 2.81. The molecule has 0 unspecified atom stereocenters. The van der Waals surface area contributed by atoms with Crippen molar-refractivity contribution < 1.29 is 13.9 Å². The molecule has 0 saturated carbocycles. The van der Waals surface area contributed by atoms with Crippen LogP contribution in [0.2, 0.25) is 5.02 Å². The Morgan fingerprint density at radius 2 is 2.33 bits per heavy atom. The minimum Gasteiger partial charge on any atom is -0.465 e. The Hall–Kier alpha value is -1.78. The lowest BCUT2D eigenvalue weighted by molar-refractivity contribution is 0.0596. The number of hydrogen-bond donors (Lipinski definition) is 0. The molecular weight excluding hydrogens is 225 g/mol. The van der Waals surface area contributed by atoms with Crippen molar-refractivity contribution in [3.05, 3.63) is 39.0 Å². The monoisotopic (exact) mass is 229 g/mol. The van der Waals surface area contributed by atoms with Gasteiger partial charge in [0.2, 0.25) is 0 Å². The van der Waals surface area contributed by atoms with Gasteiger partial charge in [0.15, 0.2) is 0 Å². The Labute approximate surface area is 89.0 Å². The zero-order valence-electron chi connectivity index (χ0n) is 7.57. The van der Waals surface area contributed by atoms with Crippen molar-refractivity contribution in [2.75, 3.05) is 7.11 Å². The number of carbonyl (C=O) groups excluding carboxylic acids is 1. The van der Waals surface area contributed by atoms with Crippen molar-refractivity contribution >= 4 is 23.3 Å². The van der Waals surface area contributed by atoms with Crippen molar-refractivity contribution in [3.63, 3.8) is 0 Å². The third-order valence-electron chi connectivity index (χ3n) is 1.61. The van der Waals surface area contributed by atoms with E-state index in [1.807, 2.05) is 0 Å². The molecule has 1 rings (SSSR count). The van der Waals surface area contributed by atoms with Crippen molar-refractivity contribution in [3.8, 4) is 0 Å². The molecule has 0 saturated heterocycles. The molecule has 0 aliphatic carbocycles. The van der Waals surface area contributed by atoms with E-state index in [-0.39, 0.29) is 10.7 Å². The molecule has 0 bridgehead atoms. The zero-order valence-corrected chi connectivity index (χ0v) is 8.32. The SMILES string of the molecule is COC(=O)c1c(F)ccc(N=[N+]=[N-])c1Cl. The van der Waals surface area contributed by atoms with Gasteiger partial charge in [-0.1, -0.05) is 16.7 Å². The Morgan fingerprint density at radius 3 is 2.87 bits per heavy atom. The molecule has 0 fully saturated rings. The number of methoxy groups -OCH3 is 1. The van der Waals surface area contributed by atoms with E-state index in [9.17, 15) is 9.18 Å². The summed E-state index contributed by atoms with van der Waals surface area (Å²) < 4.78 is 17.5. The molecule has 78 valence electrons. The largest absolute Gasteiger partial charge is 0.465 e. The molecule has 0 heterocycles. The molecule has 0 atom stereocenters. The number of carbonyl (C=O) groups is 1. The predicted octanol–water partition coefficient (Wildman–Crippen LogP) is 3.21. The third kappa shape index (κ3) is 2.18. The zero-order chi connectivity index (χ0) is 11.4. The van der Waals surface area contributed by atoms with E-state index < -0.39 is 17.3 Å². The number of ether oxygens (including phenoxy) is 1. The van der Waals surface area contributed by atoms with Crippen molar-refractivity contribution in [1.29, 1.82) is 0 Å². The highest BCUT2D eigenvalue weighted by molar-refractivity contribution is 6.36. The summed E-state index contributed by atoms with van der Waals surface area (Å²) >= 11 is 5.66. The number of azide groups is 1. The molecule has 15 heavy (non-hydrogen) atoms. The van der Waals surface area contributed by atoms with Crippen molar-refractivity contribution in [1.82, 2.24) is 0 Å². The summed E-state index contributed by atoms with van der Waals surface area (Å²) in [6.07, 6.45) is 0. The normalized spacial score (nSPS) is 9.27. The van der Waals surface area contributed by atoms with E-state index in [1.54, 1.807) is 0 Å². The maximum absolute atomic E-state index is 13.2. The highest BCUT2D eigenvalue weighted by Gasteiger charge is 2.18. The number of rotatable bonds is 2. The fourth-order valence-corrected chi connectivity index (χ4v) is 1.22. The Morgan fingerprint density at radius 1 is 1.67 bits per heavy atom. The van der Waals surface area contributed by atoms with Gasteiger partial charge in [0.1, 0.15) is 11.4 Å². The van der Waals surface area contributed by atoms with E-state index in [2.05, 4.69) is 14.8 Å². The van der Waals surface area contributed by atoms with Gasteiger partial charge in [-0.3, -0.25) is 0 Å². The summed E-state index contributed by atoms with van der Waals surface area (Å²) in [7, 11) is 1.10. The highest BCUT2D eigenvalue weighted by Crippen LogP contribution is 2.30. The number of hydrogen-bond acceptors (Lipinski definition) is 3. The van der Waals surface area contributed by atoms with Crippen LogP contribution in [0.1, 0.15) is 10.4 Å². The van der Waals surface area contributed by atoms with E-state index in [4.69, 9.17) is 17.1 Å². The third-order valence-corrected chi connectivity index (χ3v) is 2.00. The summed E-state index contributed by atoms with van der Waals surface area (Å²) in [6, 6.07) is 2.14. The quantitative estimate of drug-likeness (QED) is 0.338. The first-order chi connectivity index (χ1) is 7.11. The molecule has 0 aliphatic heterocycles. The summed E-state index contributed by atoms with van der Waals surface area (Å²) in [5, 5.41) is 2.93. The van der Waals surface area contributed by atoms with Gasteiger partial charge in [0.25, 0.3) is 0 Å². The van der Waals surface area contributed by atoms with Crippen LogP contribution in [0, 0.1) is 5.82 Å². The Kier molecular flexibility index (Phi) is 3.49. The van der Waals surface area contributed by atoms with Crippen LogP contribution in [0.25, 0.3) is 10.4 Å². The van der Waals surface area contributed by atoms with E-state index in [0.29, 0.717) is 0 Å². The fourth-order valence-electron chi connectivity index (χ4n) is 0.956. The summed E-state index contributed by atoms with van der Waals surface area (Å²) in [5.74, 6) is -1.75. The average Bonchev–Trinajstić information content (AvgIpc) is 2.22. The fraction of sp³-hybridized carbons (Fsp3) is 0.125. The van der Waals surface area contributed by atoms with Crippen LogP contribution in [-0.2, 0) is 4.74 Å². The van der Waals surface area contributed by atoms with Crippen LogP contribution in [0.5, 0.6) is 0 Å². The predicted molar refractivity (Wildman–Crippen MR) is 51.6 cm³/mol. The molecular formula is C8H5ClFN3O2. The van der Waals surface area contributed by atoms with Gasteiger partial charge < -0.3 is 4.74 Å². The Bertz CT molecular complexity index is 457. The van der Waals surface area contributed by atoms with Crippen LogP contribution in [0.4, 0.5) is 10.1 Å². The maximum atomic E-state index is 13.2. The van der Waals surface area contributed by atoms with Crippen molar-refractivity contribution in [2.45, 2.75) is 0 Å². The lowest BCUT2D eigenvalue weighted by atomic mass is 10.2. The molecule has 0 amide bonds. The van der Waals surface area contributed by atoms with E-state index in [1.165, 1.54) is 6.07 Å². The molecule has 0 aliphatic rings. The Balaban J connectivity index is 3.42. The van der Waals surface area contributed by atoms with Gasteiger partial charge in [-0.05, 0) is 17.7 Å². The molecule has 0 radical (unpaired) electrons. The first-order valence-corrected chi connectivity index (χ1v) is 4.11. The maximum Gasteiger partial charge on any atom is 0.342 e. The van der Waals surface area contributed by atoms with E-state index in [0.717, 1.165) is 13.2 Å². The molecule has 7 heteroatoms. The molecule has 0 aromatic heterocycles. The van der Waals surface area contributed by atoms with Gasteiger partial charge in [-0.25, -0.2) is 9.18 Å². The van der Waals surface area contributed by atoms with Gasteiger partial charge in [0.05, 0.1) is 17.8 Å². The number of halogens is 2. The average molecular weight is 230 g/mol. The lowest BCUT2D eigenvalue weighted by Crippen LogP contribution is -2.05. The van der Waals surface area contributed by atoms with E-state index >= 15 is 0 Å². The number of nitrogens with zero attached hydrogens (tertiary/aromatic N) is 3. The minimum atomic E-state index is -0.924. The van der Waals surface area contributed by atoms with Gasteiger partial charge in [-0.2, -0.15) is 0 Å². The standard InChI is InChI=1S/C8H5ClFN3O2/c1-15-8(14)6-4(10)2-3-5(7(6)9)12-13-11/h2-3H,1H3. The molecule has 0 N–H and O–H groups in total. The van der Waals surface area contributed by atoms with Crippen LogP contribution in [0.15, 0.2) is 17.2 Å².